The van der Waals surface area contributed by atoms with Crippen LogP contribution in [0.1, 0.15) is 57.6 Å². The molecule has 1 aliphatic carbocycles. The third-order valence-electron chi connectivity index (χ3n) is 7.23. The molecule has 1 aliphatic heterocycles. The second-order valence-corrected chi connectivity index (χ2v) is 10.1. The summed E-state index contributed by atoms with van der Waals surface area (Å²) >= 11 is 0. The van der Waals surface area contributed by atoms with Crippen molar-refractivity contribution in [1.29, 1.82) is 0 Å². The maximum Gasteiger partial charge on any atom is 0.162 e. The van der Waals surface area contributed by atoms with E-state index >= 15 is 0 Å². The van der Waals surface area contributed by atoms with Gasteiger partial charge in [-0.1, -0.05) is 79.7 Å². The van der Waals surface area contributed by atoms with Crippen LogP contribution in [0.3, 0.4) is 0 Å². The minimum Gasteiger partial charge on any atom is -0.380 e. The molecular formula is C28H36O3. The van der Waals surface area contributed by atoms with Crippen LogP contribution in [-0.4, -0.2) is 24.1 Å². The van der Waals surface area contributed by atoms with Gasteiger partial charge in [-0.3, -0.25) is 0 Å². The van der Waals surface area contributed by atoms with Crippen molar-refractivity contribution in [1.82, 2.24) is 0 Å². The summed E-state index contributed by atoms with van der Waals surface area (Å²) in [6.07, 6.45) is 8.34. The summed E-state index contributed by atoms with van der Waals surface area (Å²) in [6, 6.07) is 20.0. The van der Waals surface area contributed by atoms with Crippen LogP contribution >= 0.6 is 0 Å². The number of aliphatic hydroxyl groups is 1. The van der Waals surface area contributed by atoms with Crippen molar-refractivity contribution in [3.05, 3.63) is 83.9 Å². The summed E-state index contributed by atoms with van der Waals surface area (Å²) in [5.74, 6) is 0.831. The molecule has 1 heterocycles. The lowest BCUT2D eigenvalue weighted by Crippen LogP contribution is -2.45. The van der Waals surface area contributed by atoms with Gasteiger partial charge >= 0.3 is 0 Å². The van der Waals surface area contributed by atoms with E-state index in [1.54, 1.807) is 0 Å². The van der Waals surface area contributed by atoms with E-state index in [-0.39, 0.29) is 5.41 Å². The van der Waals surface area contributed by atoms with E-state index in [0.717, 1.165) is 37.2 Å². The highest BCUT2D eigenvalue weighted by Crippen LogP contribution is 2.50. The molecule has 2 aromatic rings. The standard InChI is InChI=1S/C28H36O3/c1-22-18-27(20-30-26(2,3)31-21-27)19-23(22)12-10-11-17-28(29,24-13-6-4-7-14-24)25-15-8-5-9-16-25/h4-11,13-16,22-23,29H,12,17-21H2,1-3H3/b11-10+/t22-,23-/m1/s1. The van der Waals surface area contributed by atoms with Crippen LogP contribution in [0.2, 0.25) is 0 Å². The fourth-order valence-electron chi connectivity index (χ4n) is 5.33. The van der Waals surface area contributed by atoms with Crippen molar-refractivity contribution < 1.29 is 14.6 Å². The van der Waals surface area contributed by atoms with Crippen molar-refractivity contribution in [3.63, 3.8) is 0 Å². The van der Waals surface area contributed by atoms with Gasteiger partial charge in [0.15, 0.2) is 5.79 Å². The van der Waals surface area contributed by atoms with E-state index in [1.165, 1.54) is 6.42 Å². The number of allylic oxidation sites excluding steroid dienone is 1. The second kappa shape index (κ2) is 8.90. The summed E-state index contributed by atoms with van der Waals surface area (Å²) in [4.78, 5) is 0. The first-order chi connectivity index (χ1) is 14.8. The molecule has 1 saturated heterocycles. The van der Waals surface area contributed by atoms with E-state index in [9.17, 15) is 5.11 Å². The maximum absolute atomic E-state index is 11.7. The molecule has 4 rings (SSSR count). The molecule has 1 saturated carbocycles. The molecule has 0 radical (unpaired) electrons. The van der Waals surface area contributed by atoms with Crippen molar-refractivity contribution in [2.75, 3.05) is 13.2 Å². The molecule has 2 aromatic carbocycles. The van der Waals surface area contributed by atoms with E-state index < -0.39 is 11.4 Å². The molecule has 2 aliphatic rings. The van der Waals surface area contributed by atoms with Gasteiger partial charge in [0.2, 0.25) is 0 Å². The Balaban J connectivity index is 1.41. The van der Waals surface area contributed by atoms with Gasteiger partial charge < -0.3 is 14.6 Å². The van der Waals surface area contributed by atoms with Crippen LogP contribution < -0.4 is 0 Å². The van der Waals surface area contributed by atoms with Crippen molar-refractivity contribution in [2.24, 2.45) is 17.3 Å². The summed E-state index contributed by atoms with van der Waals surface area (Å²) in [5.41, 5.74) is 1.01. The van der Waals surface area contributed by atoms with Crippen LogP contribution in [0.25, 0.3) is 0 Å². The number of benzene rings is 2. The van der Waals surface area contributed by atoms with Gasteiger partial charge in [0.25, 0.3) is 0 Å². The summed E-state index contributed by atoms with van der Waals surface area (Å²) < 4.78 is 12.0. The van der Waals surface area contributed by atoms with Gasteiger partial charge in [0, 0.05) is 11.8 Å². The highest BCUT2D eigenvalue weighted by Gasteiger charge is 2.47. The van der Waals surface area contributed by atoms with Crippen molar-refractivity contribution >= 4 is 0 Å². The molecule has 1 spiro atoms. The first-order valence-corrected chi connectivity index (χ1v) is 11.6. The van der Waals surface area contributed by atoms with Crippen LogP contribution in [0.4, 0.5) is 0 Å². The topological polar surface area (TPSA) is 38.7 Å². The minimum absolute atomic E-state index is 0.169. The number of ether oxygens (including phenoxy) is 2. The molecule has 3 nitrogen and oxygen atoms in total. The highest BCUT2D eigenvalue weighted by molar-refractivity contribution is 5.36. The molecule has 2 atom stereocenters. The maximum atomic E-state index is 11.7. The molecule has 0 bridgehead atoms. The molecule has 2 fully saturated rings. The number of rotatable bonds is 6. The summed E-state index contributed by atoms with van der Waals surface area (Å²) in [5, 5.41) is 11.7. The zero-order chi connectivity index (χ0) is 22.0. The van der Waals surface area contributed by atoms with E-state index in [1.807, 2.05) is 74.5 Å². The molecule has 3 heteroatoms. The summed E-state index contributed by atoms with van der Waals surface area (Å²) in [7, 11) is 0. The van der Waals surface area contributed by atoms with Crippen LogP contribution in [0.5, 0.6) is 0 Å². The highest BCUT2D eigenvalue weighted by atomic mass is 16.7. The lowest BCUT2D eigenvalue weighted by Gasteiger charge is -2.41. The minimum atomic E-state index is -1.02. The van der Waals surface area contributed by atoms with E-state index in [2.05, 4.69) is 19.1 Å². The zero-order valence-electron chi connectivity index (χ0n) is 19.1. The van der Waals surface area contributed by atoms with Crippen LogP contribution in [-0.2, 0) is 15.1 Å². The Morgan fingerprint density at radius 3 is 2.00 bits per heavy atom. The number of hydrogen-bond donors (Lipinski definition) is 1. The smallest absolute Gasteiger partial charge is 0.162 e. The SMILES string of the molecule is C[C@@H]1CC2(COC(C)(C)OC2)C[C@H]1C/C=C/CC(O)(c1ccccc1)c1ccccc1. The lowest BCUT2D eigenvalue weighted by atomic mass is 9.83. The van der Waals surface area contributed by atoms with Gasteiger partial charge in [0.05, 0.1) is 13.2 Å². The van der Waals surface area contributed by atoms with E-state index in [4.69, 9.17) is 9.47 Å². The third-order valence-corrected chi connectivity index (χ3v) is 7.23. The molecule has 166 valence electrons. The first kappa shape index (κ1) is 22.3. The normalized spacial score (nSPS) is 25.3. The molecule has 0 amide bonds. The molecular weight excluding hydrogens is 384 g/mol. The van der Waals surface area contributed by atoms with Gasteiger partial charge in [-0.15, -0.1) is 0 Å². The van der Waals surface area contributed by atoms with E-state index in [0.29, 0.717) is 18.3 Å². The second-order valence-electron chi connectivity index (χ2n) is 10.1. The first-order valence-electron chi connectivity index (χ1n) is 11.6. The Kier molecular flexibility index (Phi) is 6.39. The number of hydrogen-bond acceptors (Lipinski definition) is 3. The Hall–Kier alpha value is -1.94. The molecule has 0 aromatic heterocycles. The Bertz CT molecular complexity index is 822. The van der Waals surface area contributed by atoms with Crippen LogP contribution in [0, 0.1) is 17.3 Å². The average molecular weight is 421 g/mol. The Labute approximate surface area is 187 Å². The third kappa shape index (κ3) is 4.95. The van der Waals surface area contributed by atoms with Gasteiger partial charge in [-0.05, 0) is 56.1 Å². The van der Waals surface area contributed by atoms with Gasteiger partial charge in [-0.25, -0.2) is 0 Å². The quantitative estimate of drug-likeness (QED) is 0.576. The molecule has 1 N–H and O–H groups in total. The average Bonchev–Trinajstić information content (AvgIpc) is 3.10. The zero-order valence-corrected chi connectivity index (χ0v) is 19.1. The fraction of sp³-hybridized carbons (Fsp3) is 0.500. The lowest BCUT2D eigenvalue weighted by molar-refractivity contribution is -0.285. The van der Waals surface area contributed by atoms with Crippen molar-refractivity contribution in [3.8, 4) is 0 Å². The van der Waals surface area contributed by atoms with Crippen LogP contribution in [0.15, 0.2) is 72.8 Å². The fourth-order valence-corrected chi connectivity index (χ4v) is 5.33. The Morgan fingerprint density at radius 1 is 0.903 bits per heavy atom. The predicted molar refractivity (Wildman–Crippen MR) is 125 cm³/mol. The monoisotopic (exact) mass is 420 g/mol. The molecule has 0 unspecified atom stereocenters. The predicted octanol–water partition coefficient (Wildman–Crippen LogP) is 6.07. The van der Waals surface area contributed by atoms with Crippen molar-refractivity contribution in [2.45, 2.75) is 57.8 Å². The molecule has 31 heavy (non-hydrogen) atoms. The largest absolute Gasteiger partial charge is 0.380 e. The van der Waals surface area contributed by atoms with Gasteiger partial charge in [-0.2, -0.15) is 0 Å². The Morgan fingerprint density at radius 2 is 1.45 bits per heavy atom. The summed E-state index contributed by atoms with van der Waals surface area (Å²) in [6.45, 7) is 7.95. The van der Waals surface area contributed by atoms with Gasteiger partial charge in [0.1, 0.15) is 5.60 Å².